The average molecular weight is 300 g/mol. The zero-order chi connectivity index (χ0) is 14.9. The summed E-state index contributed by atoms with van der Waals surface area (Å²) in [5.41, 5.74) is 5.55. The van der Waals surface area contributed by atoms with Crippen LogP contribution in [0.4, 0.5) is 10.1 Å². The molecule has 0 bridgehead atoms. The summed E-state index contributed by atoms with van der Waals surface area (Å²) in [5.74, 6) is -0.130. The molecule has 1 saturated carbocycles. The molecule has 0 radical (unpaired) electrons. The summed E-state index contributed by atoms with van der Waals surface area (Å²) in [7, 11) is -3.93. The maximum Gasteiger partial charge on any atom is 0.245 e. The Morgan fingerprint density at radius 2 is 2.00 bits per heavy atom. The van der Waals surface area contributed by atoms with Gasteiger partial charge in [-0.2, -0.15) is 0 Å². The fraction of sp³-hybridized carbons (Fsp3) is 0.571. The van der Waals surface area contributed by atoms with Crippen LogP contribution in [0, 0.1) is 17.7 Å². The van der Waals surface area contributed by atoms with E-state index in [1.807, 2.05) is 6.92 Å². The van der Waals surface area contributed by atoms with E-state index < -0.39 is 20.7 Å². The number of hydrogen-bond acceptors (Lipinski definition) is 3. The second-order valence-corrected chi connectivity index (χ2v) is 7.30. The van der Waals surface area contributed by atoms with Gasteiger partial charge in [0.05, 0.1) is 5.69 Å². The van der Waals surface area contributed by atoms with Gasteiger partial charge in [-0.25, -0.2) is 17.5 Å². The Morgan fingerprint density at radius 3 is 2.65 bits per heavy atom. The summed E-state index contributed by atoms with van der Waals surface area (Å²) in [4.78, 5) is -0.439. The highest BCUT2D eigenvalue weighted by molar-refractivity contribution is 7.89. The van der Waals surface area contributed by atoms with Gasteiger partial charge in [0, 0.05) is 6.04 Å². The highest BCUT2D eigenvalue weighted by atomic mass is 32.2. The van der Waals surface area contributed by atoms with E-state index in [1.165, 1.54) is 12.1 Å². The molecule has 3 unspecified atom stereocenters. The average Bonchev–Trinajstić information content (AvgIpc) is 2.34. The molecule has 112 valence electrons. The Morgan fingerprint density at radius 1 is 1.30 bits per heavy atom. The van der Waals surface area contributed by atoms with Gasteiger partial charge in [0.2, 0.25) is 10.0 Å². The van der Waals surface area contributed by atoms with Crippen LogP contribution in [0.2, 0.25) is 0 Å². The van der Waals surface area contributed by atoms with Crippen LogP contribution in [0.3, 0.4) is 0 Å². The Labute approximate surface area is 119 Å². The lowest BCUT2D eigenvalue weighted by Gasteiger charge is -2.34. The first-order valence-corrected chi connectivity index (χ1v) is 8.37. The minimum Gasteiger partial charge on any atom is -0.398 e. The van der Waals surface area contributed by atoms with Crippen LogP contribution in [0.5, 0.6) is 0 Å². The number of anilines is 1. The Hall–Kier alpha value is -1.14. The van der Waals surface area contributed by atoms with Gasteiger partial charge >= 0.3 is 0 Å². The number of nitrogens with two attached hydrogens (primary N) is 1. The van der Waals surface area contributed by atoms with Gasteiger partial charge in [-0.05, 0) is 30.4 Å². The van der Waals surface area contributed by atoms with Gasteiger partial charge < -0.3 is 5.73 Å². The Balaban J connectivity index is 2.28. The van der Waals surface area contributed by atoms with Crippen LogP contribution in [0.25, 0.3) is 0 Å². The molecule has 0 spiro atoms. The highest BCUT2D eigenvalue weighted by Gasteiger charge is 2.32. The smallest absolute Gasteiger partial charge is 0.245 e. The number of hydrogen-bond donors (Lipinski definition) is 2. The van der Waals surface area contributed by atoms with Gasteiger partial charge in [0.25, 0.3) is 0 Å². The van der Waals surface area contributed by atoms with Gasteiger partial charge in [-0.3, -0.25) is 0 Å². The molecule has 20 heavy (non-hydrogen) atoms. The van der Waals surface area contributed by atoms with Gasteiger partial charge in [-0.1, -0.05) is 32.8 Å². The zero-order valence-corrected chi connectivity index (χ0v) is 12.6. The van der Waals surface area contributed by atoms with Crippen LogP contribution >= 0.6 is 0 Å². The number of halogens is 1. The summed E-state index contributed by atoms with van der Waals surface area (Å²) in [6.45, 7) is 4.14. The molecule has 3 atom stereocenters. The molecule has 3 N–H and O–H groups in total. The van der Waals surface area contributed by atoms with Crippen molar-refractivity contribution in [1.29, 1.82) is 0 Å². The van der Waals surface area contributed by atoms with E-state index in [-0.39, 0.29) is 17.6 Å². The third kappa shape index (κ3) is 2.96. The molecule has 1 aromatic rings. The second-order valence-electron chi connectivity index (χ2n) is 5.65. The molecule has 1 aliphatic rings. The van der Waals surface area contributed by atoms with E-state index in [0.29, 0.717) is 5.92 Å². The maximum absolute atomic E-state index is 13.8. The zero-order valence-electron chi connectivity index (χ0n) is 11.8. The highest BCUT2D eigenvalue weighted by Crippen LogP contribution is 2.31. The van der Waals surface area contributed by atoms with Crippen molar-refractivity contribution in [3.8, 4) is 0 Å². The van der Waals surface area contributed by atoms with Crippen LogP contribution in [0.15, 0.2) is 23.1 Å². The van der Waals surface area contributed by atoms with Crippen LogP contribution < -0.4 is 10.5 Å². The van der Waals surface area contributed by atoms with E-state index in [1.54, 1.807) is 0 Å². The van der Waals surface area contributed by atoms with Crippen LogP contribution in [-0.4, -0.2) is 14.5 Å². The van der Waals surface area contributed by atoms with Crippen molar-refractivity contribution in [2.75, 3.05) is 5.73 Å². The number of sulfonamides is 1. The van der Waals surface area contributed by atoms with Crippen LogP contribution in [0.1, 0.15) is 33.1 Å². The molecule has 1 fully saturated rings. The fourth-order valence-electron chi connectivity index (χ4n) is 2.82. The number of nitrogen functional groups attached to an aromatic ring is 1. The van der Waals surface area contributed by atoms with Gasteiger partial charge in [0.1, 0.15) is 10.7 Å². The van der Waals surface area contributed by atoms with Crippen molar-refractivity contribution in [3.63, 3.8) is 0 Å². The van der Waals surface area contributed by atoms with Gasteiger partial charge in [0.15, 0.2) is 0 Å². The summed E-state index contributed by atoms with van der Waals surface area (Å²) < 4.78 is 41.1. The third-order valence-corrected chi connectivity index (χ3v) is 5.86. The molecule has 0 heterocycles. The minimum absolute atomic E-state index is 0.0611. The van der Waals surface area contributed by atoms with Crippen molar-refractivity contribution >= 4 is 15.7 Å². The molecule has 0 saturated heterocycles. The number of benzene rings is 1. The number of rotatable bonds is 3. The third-order valence-electron chi connectivity index (χ3n) is 4.28. The molecule has 0 aliphatic heterocycles. The Kier molecular flexibility index (Phi) is 4.34. The number of nitrogens with one attached hydrogen (secondary N) is 1. The van der Waals surface area contributed by atoms with Crippen molar-refractivity contribution in [2.45, 2.75) is 44.0 Å². The fourth-order valence-corrected chi connectivity index (χ4v) is 4.37. The van der Waals surface area contributed by atoms with Crippen molar-refractivity contribution < 1.29 is 12.8 Å². The van der Waals surface area contributed by atoms with Crippen molar-refractivity contribution in [2.24, 2.45) is 11.8 Å². The summed E-state index contributed by atoms with van der Waals surface area (Å²) >= 11 is 0. The van der Waals surface area contributed by atoms with Gasteiger partial charge in [-0.15, -0.1) is 0 Å². The summed E-state index contributed by atoms with van der Waals surface area (Å²) in [6, 6.07) is 3.74. The molecule has 2 rings (SSSR count). The summed E-state index contributed by atoms with van der Waals surface area (Å²) in [6.07, 6.45) is 2.85. The lowest BCUT2D eigenvalue weighted by atomic mass is 9.78. The van der Waals surface area contributed by atoms with E-state index in [4.69, 9.17) is 5.73 Å². The quantitative estimate of drug-likeness (QED) is 0.843. The van der Waals surface area contributed by atoms with Crippen LogP contribution in [-0.2, 0) is 10.0 Å². The predicted molar refractivity (Wildman–Crippen MR) is 77.1 cm³/mol. The Bertz CT molecular complexity index is 569. The van der Waals surface area contributed by atoms with Crippen molar-refractivity contribution in [1.82, 2.24) is 4.72 Å². The first-order valence-electron chi connectivity index (χ1n) is 6.89. The largest absolute Gasteiger partial charge is 0.398 e. The normalized spacial score (nSPS) is 27.4. The minimum atomic E-state index is -3.93. The molecule has 1 aliphatic carbocycles. The monoisotopic (exact) mass is 300 g/mol. The predicted octanol–water partition coefficient (Wildman–Crippen LogP) is 2.51. The van der Waals surface area contributed by atoms with E-state index in [0.717, 1.165) is 25.3 Å². The topological polar surface area (TPSA) is 72.2 Å². The molecule has 1 aromatic carbocycles. The van der Waals surface area contributed by atoms with Crippen molar-refractivity contribution in [3.05, 3.63) is 24.0 Å². The molecule has 0 amide bonds. The SMILES string of the molecule is CC1CCCC(NS(=O)(=O)c2c(N)cccc2F)C1C. The van der Waals surface area contributed by atoms with E-state index >= 15 is 0 Å². The first-order chi connectivity index (χ1) is 9.33. The molecule has 6 heteroatoms. The molecular weight excluding hydrogens is 279 g/mol. The standard InChI is InChI=1S/C14H21FN2O2S/c1-9-5-3-8-13(10(9)2)17-20(18,19)14-11(15)6-4-7-12(14)16/h4,6-7,9-10,13,17H,3,5,8,16H2,1-2H3. The second kappa shape index (κ2) is 5.69. The molecule has 0 aromatic heterocycles. The lowest BCUT2D eigenvalue weighted by molar-refractivity contribution is 0.227. The molecule has 4 nitrogen and oxygen atoms in total. The first kappa shape index (κ1) is 15.3. The van der Waals surface area contributed by atoms with E-state index in [2.05, 4.69) is 11.6 Å². The van der Waals surface area contributed by atoms with E-state index in [9.17, 15) is 12.8 Å². The summed E-state index contributed by atoms with van der Waals surface area (Å²) in [5, 5.41) is 0. The molecular formula is C14H21FN2O2S. The maximum atomic E-state index is 13.8. The lowest BCUT2D eigenvalue weighted by Crippen LogP contribution is -2.44.